The zero-order chi connectivity index (χ0) is 41.6. The van der Waals surface area contributed by atoms with Crippen molar-refractivity contribution >= 4 is 76.9 Å². The molecule has 0 atom stereocenters. The number of anilines is 4. The van der Waals surface area contributed by atoms with Crippen LogP contribution in [0.15, 0.2) is 189 Å². The van der Waals surface area contributed by atoms with E-state index in [4.69, 9.17) is 0 Å². The SMILES string of the molecule is C=CC1=C(C=CC)N(c2ccc3c(c2)-c2cc(C=Cc4ccc5c(c4)C(C)(C)c4cc(N6C7=C(C=CCC7)Sc7ccccc76)ccc4-5)ccc2[Si]3(C)C)c2ccccc2S1. The summed E-state index contributed by atoms with van der Waals surface area (Å²) in [7, 11) is -1.89. The van der Waals surface area contributed by atoms with Crippen molar-refractivity contribution in [1.29, 1.82) is 0 Å². The van der Waals surface area contributed by atoms with Crippen molar-refractivity contribution in [3.05, 3.63) is 202 Å². The molecule has 61 heavy (non-hydrogen) atoms. The Bertz CT molecular complexity index is 3030. The Balaban J connectivity index is 0.922. The first-order chi connectivity index (χ1) is 29.6. The first-order valence-electron chi connectivity index (χ1n) is 21.5. The van der Waals surface area contributed by atoms with E-state index in [2.05, 4.69) is 208 Å². The number of benzene rings is 6. The van der Waals surface area contributed by atoms with E-state index in [1.807, 2.05) is 17.8 Å². The van der Waals surface area contributed by atoms with Crippen molar-refractivity contribution < 1.29 is 0 Å². The number of hydrogen-bond donors (Lipinski definition) is 0. The van der Waals surface area contributed by atoms with Crippen molar-refractivity contribution in [1.82, 2.24) is 0 Å². The van der Waals surface area contributed by atoms with Crippen LogP contribution >= 0.6 is 23.5 Å². The maximum absolute atomic E-state index is 4.20. The van der Waals surface area contributed by atoms with E-state index >= 15 is 0 Å². The lowest BCUT2D eigenvalue weighted by atomic mass is 9.81. The average Bonchev–Trinajstić information content (AvgIpc) is 3.65. The lowest BCUT2D eigenvalue weighted by molar-refractivity contribution is 0.660. The minimum atomic E-state index is -1.89. The van der Waals surface area contributed by atoms with Gasteiger partial charge in [-0.3, -0.25) is 0 Å². The molecule has 0 fully saturated rings. The fourth-order valence-electron chi connectivity index (χ4n) is 10.3. The van der Waals surface area contributed by atoms with Gasteiger partial charge in [0.2, 0.25) is 0 Å². The molecule has 11 rings (SSSR count). The highest BCUT2D eigenvalue weighted by Gasteiger charge is 2.39. The van der Waals surface area contributed by atoms with E-state index in [-0.39, 0.29) is 5.41 Å². The number of nitrogens with zero attached hydrogens (tertiary/aromatic N) is 2. The molecule has 5 aliphatic rings. The Kier molecular flexibility index (Phi) is 9.05. The van der Waals surface area contributed by atoms with Crippen LogP contribution in [0, 0.1) is 0 Å². The predicted octanol–water partition coefficient (Wildman–Crippen LogP) is 15.0. The molecule has 3 aliphatic heterocycles. The van der Waals surface area contributed by atoms with Gasteiger partial charge < -0.3 is 9.80 Å². The molecule has 0 saturated carbocycles. The van der Waals surface area contributed by atoms with Gasteiger partial charge in [-0.25, -0.2) is 0 Å². The van der Waals surface area contributed by atoms with Crippen molar-refractivity contribution in [2.75, 3.05) is 9.80 Å². The molecule has 2 aliphatic carbocycles. The Labute approximate surface area is 370 Å². The van der Waals surface area contributed by atoms with Gasteiger partial charge in [0.15, 0.2) is 0 Å². The summed E-state index contributed by atoms with van der Waals surface area (Å²) in [5.41, 5.74) is 18.0. The summed E-state index contributed by atoms with van der Waals surface area (Å²) < 4.78 is 0. The molecule has 0 N–H and O–H groups in total. The molecule has 0 unspecified atom stereocenters. The standard InChI is InChI=1S/C56H48N2S2Si/c1-7-15-46-50(8-2)59-51-19-12-9-16-47(51)57(46)38-27-31-55-43(34-38)42-32-36(25-30-54(42)61(55,5)6)22-23-37-24-28-40-41-29-26-39(35-45(41)56(3,4)44(40)33-37)58-48-17-10-13-20-52(48)60-53-21-14-11-18-49(53)58/h7-10,12-17,19-35H,2,11,18H2,1,3-6H3. The molecule has 5 heteroatoms. The van der Waals surface area contributed by atoms with E-state index in [0.717, 1.165) is 18.5 Å². The lowest BCUT2D eigenvalue weighted by Crippen LogP contribution is -2.49. The van der Waals surface area contributed by atoms with Gasteiger partial charge in [-0.2, -0.15) is 0 Å². The molecular formula is C56H48N2S2Si. The maximum Gasteiger partial charge on any atom is 0.113 e. The normalized spacial score (nSPS) is 17.6. The highest BCUT2D eigenvalue weighted by atomic mass is 32.2. The number of hydrogen-bond acceptors (Lipinski definition) is 4. The number of para-hydroxylation sites is 2. The zero-order valence-electron chi connectivity index (χ0n) is 35.4. The third-order valence-corrected chi connectivity index (χ3v) is 19.3. The minimum Gasteiger partial charge on any atom is -0.312 e. The van der Waals surface area contributed by atoms with E-state index in [1.165, 1.54) is 103 Å². The van der Waals surface area contributed by atoms with Gasteiger partial charge in [0.25, 0.3) is 0 Å². The van der Waals surface area contributed by atoms with Crippen LogP contribution in [-0.4, -0.2) is 8.07 Å². The van der Waals surface area contributed by atoms with Gasteiger partial charge in [-0.05, 0) is 135 Å². The lowest BCUT2D eigenvalue weighted by Gasteiger charge is -2.36. The van der Waals surface area contributed by atoms with Crippen LogP contribution in [-0.2, 0) is 5.41 Å². The third-order valence-electron chi connectivity index (χ3n) is 13.4. The molecule has 0 aromatic heterocycles. The van der Waals surface area contributed by atoms with Gasteiger partial charge in [-0.15, -0.1) is 0 Å². The zero-order valence-corrected chi connectivity index (χ0v) is 38.1. The topological polar surface area (TPSA) is 6.48 Å². The van der Waals surface area contributed by atoms with Gasteiger partial charge >= 0.3 is 0 Å². The predicted molar refractivity (Wildman–Crippen MR) is 268 cm³/mol. The van der Waals surface area contributed by atoms with Crippen LogP contribution < -0.4 is 20.2 Å². The molecule has 0 radical (unpaired) electrons. The largest absolute Gasteiger partial charge is 0.312 e. The fraction of sp³-hybridized carbons (Fsp3) is 0.143. The molecule has 6 aromatic rings. The molecule has 0 spiro atoms. The second-order valence-corrected chi connectivity index (χ2v) is 24.2. The molecule has 6 aromatic carbocycles. The van der Waals surface area contributed by atoms with Crippen LogP contribution in [0.5, 0.6) is 0 Å². The molecule has 0 amide bonds. The summed E-state index contributed by atoms with van der Waals surface area (Å²) in [6, 6.07) is 46.2. The fourth-order valence-corrected chi connectivity index (χ4v) is 15.5. The van der Waals surface area contributed by atoms with Gasteiger partial charge in [0.1, 0.15) is 8.07 Å². The van der Waals surface area contributed by atoms with Crippen LogP contribution in [0.1, 0.15) is 55.9 Å². The number of fused-ring (bicyclic) bond motifs is 8. The Morgan fingerprint density at radius 3 is 2.00 bits per heavy atom. The Morgan fingerprint density at radius 1 is 0.639 bits per heavy atom. The minimum absolute atomic E-state index is 0.134. The first kappa shape index (κ1) is 38.2. The van der Waals surface area contributed by atoms with E-state index in [0.29, 0.717) is 0 Å². The molecule has 2 nitrogen and oxygen atoms in total. The Morgan fingerprint density at radius 2 is 1.25 bits per heavy atom. The van der Waals surface area contributed by atoms with Crippen molar-refractivity contribution in [3.63, 3.8) is 0 Å². The molecular weight excluding hydrogens is 793 g/mol. The van der Waals surface area contributed by atoms with Crippen LogP contribution in [0.2, 0.25) is 13.1 Å². The summed E-state index contributed by atoms with van der Waals surface area (Å²) in [5.74, 6) is 0. The second-order valence-electron chi connectivity index (χ2n) is 17.7. The highest BCUT2D eigenvalue weighted by Crippen LogP contribution is 2.54. The summed E-state index contributed by atoms with van der Waals surface area (Å²) >= 11 is 3.70. The van der Waals surface area contributed by atoms with Crippen molar-refractivity contribution in [3.8, 4) is 22.3 Å². The van der Waals surface area contributed by atoms with Crippen LogP contribution in [0.25, 0.3) is 34.4 Å². The number of thioether (sulfide) groups is 2. The highest BCUT2D eigenvalue weighted by molar-refractivity contribution is 8.03. The van der Waals surface area contributed by atoms with Crippen molar-refractivity contribution in [2.45, 2.75) is 61.9 Å². The van der Waals surface area contributed by atoms with Crippen LogP contribution in [0.4, 0.5) is 22.7 Å². The Hall–Kier alpha value is -5.72. The monoisotopic (exact) mass is 840 g/mol. The van der Waals surface area contributed by atoms with E-state index in [9.17, 15) is 0 Å². The van der Waals surface area contributed by atoms with Crippen molar-refractivity contribution in [2.24, 2.45) is 0 Å². The van der Waals surface area contributed by atoms with Crippen LogP contribution in [0.3, 0.4) is 0 Å². The number of allylic oxidation sites excluding steroid dienone is 6. The summed E-state index contributed by atoms with van der Waals surface area (Å²) in [6.45, 7) is 16.1. The summed E-state index contributed by atoms with van der Waals surface area (Å²) in [5, 5.41) is 3.02. The smallest absolute Gasteiger partial charge is 0.113 e. The quantitative estimate of drug-likeness (QED) is 0.122. The van der Waals surface area contributed by atoms with Gasteiger partial charge in [-0.1, -0.05) is 160 Å². The number of rotatable bonds is 6. The van der Waals surface area contributed by atoms with Gasteiger partial charge in [0.05, 0.1) is 17.1 Å². The molecule has 0 saturated heterocycles. The molecule has 298 valence electrons. The summed E-state index contributed by atoms with van der Waals surface area (Å²) in [4.78, 5) is 10.0. The third kappa shape index (κ3) is 6.00. The first-order valence-corrected chi connectivity index (χ1v) is 26.1. The van der Waals surface area contributed by atoms with E-state index in [1.54, 1.807) is 11.8 Å². The second kappa shape index (κ2) is 14.4. The molecule has 0 bridgehead atoms. The summed E-state index contributed by atoms with van der Waals surface area (Å²) in [6.07, 6.45) is 17.7. The van der Waals surface area contributed by atoms with E-state index < -0.39 is 8.07 Å². The maximum atomic E-state index is 4.20. The molecule has 3 heterocycles. The average molecular weight is 841 g/mol. The van der Waals surface area contributed by atoms with Gasteiger partial charge in [0, 0.05) is 42.1 Å².